The molecule has 188 valence electrons. The first-order valence-corrected chi connectivity index (χ1v) is 12.4. The number of benzene rings is 4. The van der Waals surface area contributed by atoms with E-state index in [1.807, 2.05) is 55.5 Å². The summed E-state index contributed by atoms with van der Waals surface area (Å²) in [4.78, 5) is 26.1. The molecule has 0 saturated carbocycles. The normalized spacial score (nSPS) is 11.1. The predicted molar refractivity (Wildman–Crippen MR) is 149 cm³/mol. The number of ketones is 1. The first-order valence-electron chi connectivity index (χ1n) is 12.1. The van der Waals surface area contributed by atoms with Crippen LogP contribution in [0.4, 0.5) is 0 Å². The maximum atomic E-state index is 13.4. The molecule has 0 aliphatic carbocycles. The Hall–Kier alpha value is -4.61. The Labute approximate surface area is 224 Å². The molecule has 0 aliphatic rings. The summed E-state index contributed by atoms with van der Waals surface area (Å²) in [5.74, 6) is 0.571. The number of esters is 1. The Morgan fingerprint density at radius 3 is 2.32 bits per heavy atom. The molecule has 0 radical (unpaired) electrons. The number of furan rings is 1. The molecule has 0 bridgehead atoms. The van der Waals surface area contributed by atoms with Gasteiger partial charge in [0, 0.05) is 21.5 Å². The minimum atomic E-state index is -0.575. The van der Waals surface area contributed by atoms with Gasteiger partial charge in [-0.25, -0.2) is 4.79 Å². The van der Waals surface area contributed by atoms with Crippen LogP contribution in [0.2, 0.25) is 5.02 Å². The maximum Gasteiger partial charge on any atom is 0.348 e. The lowest BCUT2D eigenvalue weighted by molar-refractivity contribution is 0.0737. The lowest BCUT2D eigenvalue weighted by atomic mass is 10.1. The van der Waals surface area contributed by atoms with Gasteiger partial charge < -0.3 is 13.9 Å². The van der Waals surface area contributed by atoms with Crippen LogP contribution >= 0.6 is 11.6 Å². The number of ether oxygens (including phenoxy) is 2. The Kier molecular flexibility index (Phi) is 7.38. The molecular formula is C32H23ClO5. The van der Waals surface area contributed by atoms with Crippen molar-refractivity contribution in [2.45, 2.75) is 6.92 Å². The van der Waals surface area contributed by atoms with Crippen molar-refractivity contribution in [3.05, 3.63) is 125 Å². The summed E-state index contributed by atoms with van der Waals surface area (Å²) < 4.78 is 17.4. The van der Waals surface area contributed by atoms with Gasteiger partial charge in [0.25, 0.3) is 0 Å². The number of carbonyl (C=O) groups excluding carboxylic acids is 2. The number of rotatable bonds is 8. The third-order valence-corrected chi connectivity index (χ3v) is 6.22. The van der Waals surface area contributed by atoms with Crippen LogP contribution in [0.5, 0.6) is 11.5 Å². The van der Waals surface area contributed by atoms with E-state index < -0.39 is 5.97 Å². The van der Waals surface area contributed by atoms with Crippen LogP contribution in [0.25, 0.3) is 28.4 Å². The molecule has 38 heavy (non-hydrogen) atoms. The van der Waals surface area contributed by atoms with E-state index in [1.54, 1.807) is 54.6 Å². The summed E-state index contributed by atoms with van der Waals surface area (Å²) in [6.07, 6.45) is 3.13. The van der Waals surface area contributed by atoms with Gasteiger partial charge in [-0.3, -0.25) is 4.79 Å². The highest BCUT2D eigenvalue weighted by molar-refractivity contribution is 6.32. The van der Waals surface area contributed by atoms with Crippen LogP contribution in [-0.4, -0.2) is 18.4 Å². The smallest absolute Gasteiger partial charge is 0.348 e. The largest absolute Gasteiger partial charge is 0.494 e. The van der Waals surface area contributed by atoms with Gasteiger partial charge in [-0.05, 0) is 73.2 Å². The molecule has 5 aromatic rings. The van der Waals surface area contributed by atoms with Crippen molar-refractivity contribution in [1.82, 2.24) is 0 Å². The molecule has 5 nitrogen and oxygen atoms in total. The number of hydrogen-bond donors (Lipinski definition) is 0. The fourth-order valence-electron chi connectivity index (χ4n) is 4.05. The molecular weight excluding hydrogens is 500 g/mol. The van der Waals surface area contributed by atoms with Crippen LogP contribution in [0.1, 0.15) is 33.2 Å². The van der Waals surface area contributed by atoms with Crippen molar-refractivity contribution in [2.75, 3.05) is 6.61 Å². The van der Waals surface area contributed by atoms with Gasteiger partial charge >= 0.3 is 5.97 Å². The Morgan fingerprint density at radius 2 is 1.58 bits per heavy atom. The van der Waals surface area contributed by atoms with E-state index in [9.17, 15) is 9.59 Å². The van der Waals surface area contributed by atoms with E-state index in [-0.39, 0.29) is 5.78 Å². The number of allylic oxidation sites excluding steroid dienone is 1. The molecule has 0 spiro atoms. The zero-order valence-corrected chi connectivity index (χ0v) is 21.3. The molecule has 5 rings (SSSR count). The second kappa shape index (κ2) is 11.2. The van der Waals surface area contributed by atoms with E-state index in [0.717, 1.165) is 11.1 Å². The van der Waals surface area contributed by atoms with Crippen molar-refractivity contribution in [2.24, 2.45) is 0 Å². The van der Waals surface area contributed by atoms with Crippen LogP contribution < -0.4 is 9.47 Å². The third kappa shape index (κ3) is 5.38. The van der Waals surface area contributed by atoms with Crippen molar-refractivity contribution in [3.8, 4) is 22.8 Å². The quantitative estimate of drug-likeness (QED) is 0.0887. The number of hydrogen-bond acceptors (Lipinski definition) is 5. The van der Waals surface area contributed by atoms with E-state index in [2.05, 4.69) is 0 Å². The summed E-state index contributed by atoms with van der Waals surface area (Å²) in [6, 6.07) is 28.4. The van der Waals surface area contributed by atoms with Crippen LogP contribution in [0, 0.1) is 0 Å². The summed E-state index contributed by atoms with van der Waals surface area (Å²) >= 11 is 6.15. The summed E-state index contributed by atoms with van der Waals surface area (Å²) in [5.41, 5.74) is 2.80. The fourth-order valence-corrected chi connectivity index (χ4v) is 4.24. The molecule has 1 heterocycles. The van der Waals surface area contributed by atoms with Gasteiger partial charge in [-0.1, -0.05) is 60.1 Å². The van der Waals surface area contributed by atoms with Gasteiger partial charge in [0.05, 0.1) is 6.61 Å². The van der Waals surface area contributed by atoms with Crippen molar-refractivity contribution in [1.29, 1.82) is 0 Å². The summed E-state index contributed by atoms with van der Waals surface area (Å²) in [6.45, 7) is 2.39. The van der Waals surface area contributed by atoms with Crippen molar-refractivity contribution < 1.29 is 23.5 Å². The van der Waals surface area contributed by atoms with E-state index >= 15 is 0 Å². The van der Waals surface area contributed by atoms with Crippen LogP contribution in [0.3, 0.4) is 0 Å². The molecule has 0 unspecified atom stereocenters. The van der Waals surface area contributed by atoms with E-state index in [0.29, 0.717) is 51.0 Å². The molecule has 0 saturated heterocycles. The van der Waals surface area contributed by atoms with Gasteiger partial charge in [0.2, 0.25) is 0 Å². The standard InChI is InChI=1S/C32H23ClO5/c1-2-36-25-17-19-29-26(20-25)30(31(38-29)23-9-4-3-5-10-23)32(35)37-24-15-12-22(13-16-24)28(34)18-14-21-8-6-7-11-27(21)33/h3-20H,2H2,1H3/b18-14+. The molecule has 0 fully saturated rings. The molecule has 0 amide bonds. The third-order valence-electron chi connectivity index (χ3n) is 5.88. The summed E-state index contributed by atoms with van der Waals surface area (Å²) in [7, 11) is 0. The second-order valence-corrected chi connectivity index (χ2v) is 8.80. The monoisotopic (exact) mass is 522 g/mol. The SMILES string of the molecule is CCOc1ccc2oc(-c3ccccc3)c(C(=O)Oc3ccc(C(=O)/C=C/c4ccccc4Cl)cc3)c2c1. The molecule has 0 N–H and O–H groups in total. The maximum absolute atomic E-state index is 13.4. The highest BCUT2D eigenvalue weighted by Crippen LogP contribution is 2.36. The summed E-state index contributed by atoms with van der Waals surface area (Å²) in [5, 5.41) is 1.16. The van der Waals surface area contributed by atoms with Crippen molar-refractivity contribution >= 4 is 40.4 Å². The Bertz CT molecular complexity index is 1630. The van der Waals surface area contributed by atoms with E-state index in [4.69, 9.17) is 25.5 Å². The zero-order chi connectivity index (χ0) is 26.5. The highest BCUT2D eigenvalue weighted by atomic mass is 35.5. The Balaban J connectivity index is 1.41. The van der Waals surface area contributed by atoms with Gasteiger partial charge in [-0.2, -0.15) is 0 Å². The van der Waals surface area contributed by atoms with Gasteiger partial charge in [0.15, 0.2) is 5.78 Å². The number of halogens is 1. The Morgan fingerprint density at radius 1 is 0.868 bits per heavy atom. The second-order valence-electron chi connectivity index (χ2n) is 8.40. The van der Waals surface area contributed by atoms with E-state index in [1.165, 1.54) is 6.08 Å². The van der Waals surface area contributed by atoms with Crippen LogP contribution in [-0.2, 0) is 0 Å². The fraction of sp³-hybridized carbons (Fsp3) is 0.0625. The molecule has 0 aliphatic heterocycles. The van der Waals surface area contributed by atoms with Crippen molar-refractivity contribution in [3.63, 3.8) is 0 Å². The minimum Gasteiger partial charge on any atom is -0.494 e. The first-order chi connectivity index (χ1) is 18.5. The number of fused-ring (bicyclic) bond motifs is 1. The topological polar surface area (TPSA) is 65.7 Å². The molecule has 0 atom stereocenters. The van der Waals surface area contributed by atoms with Crippen LogP contribution in [0.15, 0.2) is 108 Å². The lowest BCUT2D eigenvalue weighted by Gasteiger charge is -2.07. The predicted octanol–water partition coefficient (Wildman–Crippen LogP) is 8.27. The molecule has 4 aromatic carbocycles. The van der Waals surface area contributed by atoms with Gasteiger partial charge in [0.1, 0.15) is 28.4 Å². The van der Waals surface area contributed by atoms with Gasteiger partial charge in [-0.15, -0.1) is 0 Å². The average Bonchev–Trinajstić information content (AvgIpc) is 3.32. The highest BCUT2D eigenvalue weighted by Gasteiger charge is 2.24. The molecule has 1 aromatic heterocycles. The number of carbonyl (C=O) groups is 2. The average molecular weight is 523 g/mol. The zero-order valence-electron chi connectivity index (χ0n) is 20.5. The lowest BCUT2D eigenvalue weighted by Crippen LogP contribution is -2.09. The first kappa shape index (κ1) is 25.1. The molecule has 6 heteroatoms. The minimum absolute atomic E-state index is 0.196.